The van der Waals surface area contributed by atoms with E-state index in [2.05, 4.69) is 10.3 Å². The Kier molecular flexibility index (Phi) is 6.13. The minimum Gasteiger partial charge on any atom is -0.336 e. The third-order valence-corrected chi connectivity index (χ3v) is 6.27. The van der Waals surface area contributed by atoms with Crippen molar-refractivity contribution in [3.63, 3.8) is 0 Å². The standard InChI is InChI=1S/C17H21F5N4O2S/c1-23-10(7-26-9-16(18,19)4-2-13(26)27)6-14(28)25-5-3-12-11(8-25)24-15(29-12)17(20,21)22/h10,23H,2-9H2,1H3/t10-/m0/s1. The van der Waals surface area contributed by atoms with Gasteiger partial charge in [0.1, 0.15) is 0 Å². The van der Waals surface area contributed by atoms with Gasteiger partial charge in [0, 0.05) is 49.7 Å². The maximum atomic E-state index is 13.6. The molecule has 2 amide bonds. The van der Waals surface area contributed by atoms with Crippen LogP contribution in [0.3, 0.4) is 0 Å². The summed E-state index contributed by atoms with van der Waals surface area (Å²) in [6, 6.07) is -0.539. The van der Waals surface area contributed by atoms with Crippen LogP contribution < -0.4 is 5.32 Å². The van der Waals surface area contributed by atoms with Crippen LogP contribution in [0, 0.1) is 0 Å². The Morgan fingerprint density at radius 2 is 2.07 bits per heavy atom. The number of piperidine rings is 1. The third-order valence-electron chi connectivity index (χ3n) is 5.07. The highest BCUT2D eigenvalue weighted by atomic mass is 32.1. The number of carbonyl (C=O) groups is 2. The summed E-state index contributed by atoms with van der Waals surface area (Å²) in [6.45, 7) is -0.463. The molecule has 0 spiro atoms. The summed E-state index contributed by atoms with van der Waals surface area (Å²) in [5, 5.41) is 1.94. The molecule has 3 heterocycles. The number of likely N-dealkylation sites (tertiary alicyclic amines) is 1. The SMILES string of the molecule is CN[C@@H](CC(=O)N1CCc2sc(C(F)(F)F)nc2C1)CN1CC(F)(F)CCC1=O. The fourth-order valence-corrected chi connectivity index (χ4v) is 4.38. The number of nitrogens with one attached hydrogen (secondary N) is 1. The zero-order valence-electron chi connectivity index (χ0n) is 15.7. The minimum atomic E-state index is -4.52. The van der Waals surface area contributed by atoms with Gasteiger partial charge in [0.05, 0.1) is 18.8 Å². The summed E-state index contributed by atoms with van der Waals surface area (Å²) < 4.78 is 65.7. The number of fused-ring (bicyclic) bond motifs is 1. The van der Waals surface area contributed by atoms with Gasteiger partial charge in [-0.15, -0.1) is 11.3 Å². The van der Waals surface area contributed by atoms with Gasteiger partial charge < -0.3 is 15.1 Å². The van der Waals surface area contributed by atoms with Crippen molar-refractivity contribution in [2.24, 2.45) is 0 Å². The Morgan fingerprint density at radius 3 is 2.72 bits per heavy atom. The molecule has 6 nitrogen and oxygen atoms in total. The van der Waals surface area contributed by atoms with Gasteiger partial charge >= 0.3 is 6.18 Å². The van der Waals surface area contributed by atoms with E-state index in [-0.39, 0.29) is 56.4 Å². The lowest BCUT2D eigenvalue weighted by Gasteiger charge is -2.35. The molecule has 1 atom stereocenters. The summed E-state index contributed by atoms with van der Waals surface area (Å²) in [5.41, 5.74) is 0.244. The molecule has 0 saturated carbocycles. The topological polar surface area (TPSA) is 65.5 Å². The fraction of sp³-hybridized carbons (Fsp3) is 0.706. The Bertz CT molecular complexity index is 782. The highest BCUT2D eigenvalue weighted by Gasteiger charge is 2.40. The molecule has 3 rings (SSSR count). The summed E-state index contributed by atoms with van der Waals surface area (Å²) in [6.07, 6.45) is -5.00. The fourth-order valence-electron chi connectivity index (χ4n) is 3.46. The van der Waals surface area contributed by atoms with Crippen LogP contribution in [-0.4, -0.2) is 65.2 Å². The molecule has 12 heteroatoms. The maximum absolute atomic E-state index is 13.6. The molecule has 162 valence electrons. The molecule has 1 saturated heterocycles. The van der Waals surface area contributed by atoms with E-state index in [9.17, 15) is 31.5 Å². The smallest absolute Gasteiger partial charge is 0.336 e. The van der Waals surface area contributed by atoms with Crippen LogP contribution in [0.25, 0.3) is 0 Å². The zero-order chi connectivity index (χ0) is 21.4. The first-order chi connectivity index (χ1) is 13.5. The number of carbonyl (C=O) groups excluding carboxylic acids is 2. The van der Waals surface area contributed by atoms with Crippen molar-refractivity contribution in [1.29, 1.82) is 0 Å². The predicted molar refractivity (Wildman–Crippen MR) is 94.5 cm³/mol. The average Bonchev–Trinajstić information content (AvgIpc) is 3.07. The quantitative estimate of drug-likeness (QED) is 0.714. The number of aromatic nitrogens is 1. The average molecular weight is 440 g/mol. The van der Waals surface area contributed by atoms with Crippen LogP contribution in [0.1, 0.15) is 34.8 Å². The van der Waals surface area contributed by atoms with Crippen molar-refractivity contribution < 1.29 is 31.5 Å². The first-order valence-corrected chi connectivity index (χ1v) is 9.96. The second-order valence-corrected chi connectivity index (χ2v) is 8.36. The van der Waals surface area contributed by atoms with Gasteiger partial charge in [0.25, 0.3) is 5.92 Å². The van der Waals surface area contributed by atoms with E-state index in [0.717, 1.165) is 4.90 Å². The van der Waals surface area contributed by atoms with Crippen molar-refractivity contribution in [2.45, 2.75) is 50.4 Å². The Balaban J connectivity index is 1.60. The lowest BCUT2D eigenvalue weighted by Crippen LogP contribution is -2.52. The molecule has 1 N–H and O–H groups in total. The van der Waals surface area contributed by atoms with Crippen LogP contribution in [-0.2, 0) is 28.7 Å². The van der Waals surface area contributed by atoms with Gasteiger partial charge in [-0.3, -0.25) is 9.59 Å². The number of nitrogens with zero attached hydrogens (tertiary/aromatic N) is 3. The highest BCUT2D eigenvalue weighted by Crippen LogP contribution is 2.36. The number of amides is 2. The van der Waals surface area contributed by atoms with Crippen molar-refractivity contribution >= 4 is 23.2 Å². The Morgan fingerprint density at radius 1 is 1.34 bits per heavy atom. The maximum Gasteiger partial charge on any atom is 0.443 e. The molecule has 1 aromatic rings. The molecule has 0 aliphatic carbocycles. The first-order valence-electron chi connectivity index (χ1n) is 9.15. The second kappa shape index (κ2) is 8.13. The third kappa shape index (κ3) is 5.21. The van der Waals surface area contributed by atoms with Gasteiger partial charge in [-0.25, -0.2) is 13.8 Å². The van der Waals surface area contributed by atoms with Crippen LogP contribution in [0.4, 0.5) is 22.0 Å². The number of hydrogen-bond acceptors (Lipinski definition) is 5. The van der Waals surface area contributed by atoms with Gasteiger partial charge in [0.15, 0.2) is 5.01 Å². The van der Waals surface area contributed by atoms with Crippen molar-refractivity contribution in [3.05, 3.63) is 15.6 Å². The number of halogens is 5. The summed E-state index contributed by atoms with van der Waals surface area (Å²) in [7, 11) is 1.56. The molecule has 2 aliphatic heterocycles. The van der Waals surface area contributed by atoms with Gasteiger partial charge in [0.2, 0.25) is 11.8 Å². The molecule has 1 fully saturated rings. The van der Waals surface area contributed by atoms with Crippen molar-refractivity contribution in [2.75, 3.05) is 26.7 Å². The van der Waals surface area contributed by atoms with Gasteiger partial charge in [-0.1, -0.05) is 0 Å². The predicted octanol–water partition coefficient (Wildman–Crippen LogP) is 2.28. The lowest BCUT2D eigenvalue weighted by molar-refractivity contribution is -0.148. The zero-order valence-corrected chi connectivity index (χ0v) is 16.5. The van der Waals surface area contributed by atoms with Crippen molar-refractivity contribution in [1.82, 2.24) is 20.1 Å². The number of rotatable bonds is 5. The monoisotopic (exact) mass is 440 g/mol. The lowest BCUT2D eigenvalue weighted by atomic mass is 10.0. The Hall–Kier alpha value is -1.82. The minimum absolute atomic E-state index is 0.0160. The molecule has 0 bridgehead atoms. The molecule has 0 unspecified atom stereocenters. The molecular formula is C17H21F5N4O2S. The largest absolute Gasteiger partial charge is 0.443 e. The van der Waals surface area contributed by atoms with Crippen LogP contribution in [0.15, 0.2) is 0 Å². The van der Waals surface area contributed by atoms with E-state index in [0.29, 0.717) is 16.2 Å². The molecule has 0 radical (unpaired) electrons. The van der Waals surface area contributed by atoms with Gasteiger partial charge in [-0.05, 0) is 7.05 Å². The Labute approximate surface area is 168 Å². The van der Waals surface area contributed by atoms with E-state index in [1.54, 1.807) is 7.05 Å². The molecule has 0 aromatic carbocycles. The van der Waals surface area contributed by atoms with E-state index >= 15 is 0 Å². The van der Waals surface area contributed by atoms with E-state index in [4.69, 9.17) is 0 Å². The number of thiazole rings is 1. The van der Waals surface area contributed by atoms with Crippen LogP contribution in [0.2, 0.25) is 0 Å². The number of hydrogen-bond donors (Lipinski definition) is 1. The van der Waals surface area contributed by atoms with Crippen LogP contribution >= 0.6 is 11.3 Å². The number of alkyl halides is 5. The summed E-state index contributed by atoms with van der Waals surface area (Å²) in [4.78, 5) is 31.1. The summed E-state index contributed by atoms with van der Waals surface area (Å²) in [5.74, 6) is -3.65. The van der Waals surface area contributed by atoms with E-state index < -0.39 is 36.1 Å². The highest BCUT2D eigenvalue weighted by molar-refractivity contribution is 7.11. The van der Waals surface area contributed by atoms with Crippen LogP contribution in [0.5, 0.6) is 0 Å². The number of likely N-dealkylation sites (N-methyl/N-ethyl adjacent to an activating group) is 1. The summed E-state index contributed by atoms with van der Waals surface area (Å²) >= 11 is 0.596. The first kappa shape index (κ1) is 21.9. The van der Waals surface area contributed by atoms with Gasteiger partial charge in [-0.2, -0.15) is 13.2 Å². The van der Waals surface area contributed by atoms with E-state index in [1.807, 2.05) is 0 Å². The molecule has 29 heavy (non-hydrogen) atoms. The normalized spacial score (nSPS) is 20.6. The molecule has 2 aliphatic rings. The van der Waals surface area contributed by atoms with E-state index in [1.165, 1.54) is 4.90 Å². The second-order valence-electron chi connectivity index (χ2n) is 7.27. The molecule has 1 aromatic heterocycles. The van der Waals surface area contributed by atoms with Crippen molar-refractivity contribution in [3.8, 4) is 0 Å². The molecular weight excluding hydrogens is 419 g/mol.